The van der Waals surface area contributed by atoms with Gasteiger partial charge >= 0.3 is 0 Å². The summed E-state index contributed by atoms with van der Waals surface area (Å²) in [7, 11) is 0. The van der Waals surface area contributed by atoms with E-state index in [1.54, 1.807) is 0 Å². The molecule has 0 amide bonds. The van der Waals surface area contributed by atoms with Gasteiger partial charge in [-0.25, -0.2) is 9.97 Å². The molecule has 0 saturated heterocycles. The molecule has 2 heterocycles. The van der Waals surface area contributed by atoms with E-state index in [-0.39, 0.29) is 0 Å². The Morgan fingerprint density at radius 2 is 0.978 bits per heavy atom. The highest BCUT2D eigenvalue weighted by Crippen LogP contribution is 2.40. The fourth-order valence-corrected chi connectivity index (χ4v) is 7.56. The van der Waals surface area contributed by atoms with Crippen LogP contribution in [0.1, 0.15) is 0 Å². The van der Waals surface area contributed by atoms with Crippen molar-refractivity contribution in [3.8, 4) is 44.8 Å². The van der Waals surface area contributed by atoms with Gasteiger partial charge in [0.1, 0.15) is 0 Å². The molecule has 0 N–H and O–H groups in total. The molecule has 0 spiro atoms. The van der Waals surface area contributed by atoms with Crippen LogP contribution in [0.4, 0.5) is 0 Å². The molecule has 0 atom stereocenters. The summed E-state index contributed by atoms with van der Waals surface area (Å²) in [5.41, 5.74) is 10.4. The fourth-order valence-electron chi connectivity index (χ4n) is 6.44. The molecule has 9 aromatic rings. The third-order valence-corrected chi connectivity index (χ3v) is 9.79. The Hall–Kier alpha value is -5.64. The topological polar surface area (TPSA) is 25.8 Å². The van der Waals surface area contributed by atoms with E-state index in [0.29, 0.717) is 0 Å². The molecular weight excluding hydrogens is 565 g/mol. The SMILES string of the molecule is c1ccc(-c2ccc(-c3nc4ccccc4nc3-c3cccc(-c4cccc5cc6c(cc45)sc4ccccc46)c3)cc2)cc1. The molecule has 0 bridgehead atoms. The smallest absolute Gasteiger partial charge is 0.0973 e. The van der Waals surface area contributed by atoms with Crippen molar-refractivity contribution in [1.29, 1.82) is 0 Å². The van der Waals surface area contributed by atoms with Crippen molar-refractivity contribution in [2.24, 2.45) is 0 Å². The van der Waals surface area contributed by atoms with E-state index in [9.17, 15) is 0 Å². The van der Waals surface area contributed by atoms with Gasteiger partial charge in [-0.15, -0.1) is 11.3 Å². The van der Waals surface area contributed by atoms with Gasteiger partial charge in [-0.3, -0.25) is 0 Å². The van der Waals surface area contributed by atoms with Crippen molar-refractivity contribution in [2.45, 2.75) is 0 Å². The Labute approximate surface area is 264 Å². The van der Waals surface area contributed by atoms with Crippen LogP contribution < -0.4 is 0 Å². The van der Waals surface area contributed by atoms with Crippen molar-refractivity contribution >= 4 is 53.3 Å². The minimum Gasteiger partial charge on any atom is -0.244 e. The second kappa shape index (κ2) is 10.5. The first-order valence-electron chi connectivity index (χ1n) is 15.2. The lowest BCUT2D eigenvalue weighted by Crippen LogP contribution is -1.96. The van der Waals surface area contributed by atoms with E-state index in [4.69, 9.17) is 9.97 Å². The summed E-state index contributed by atoms with van der Waals surface area (Å²) < 4.78 is 2.64. The number of rotatable bonds is 4. The largest absolute Gasteiger partial charge is 0.244 e. The van der Waals surface area contributed by atoms with Crippen LogP contribution in [-0.2, 0) is 0 Å². The number of nitrogens with zero attached hydrogens (tertiary/aromatic N) is 2. The lowest BCUT2D eigenvalue weighted by Gasteiger charge is -2.13. The third kappa shape index (κ3) is 4.48. The average Bonchev–Trinajstić information content (AvgIpc) is 3.48. The van der Waals surface area contributed by atoms with Gasteiger partial charge in [0, 0.05) is 31.3 Å². The monoisotopic (exact) mass is 590 g/mol. The van der Waals surface area contributed by atoms with Gasteiger partial charge in [0.05, 0.1) is 22.4 Å². The summed E-state index contributed by atoms with van der Waals surface area (Å²) in [4.78, 5) is 10.4. The van der Waals surface area contributed by atoms with Crippen molar-refractivity contribution in [1.82, 2.24) is 9.97 Å². The Balaban J connectivity index is 1.20. The first-order valence-corrected chi connectivity index (χ1v) is 16.0. The van der Waals surface area contributed by atoms with Crippen LogP contribution in [0.25, 0.3) is 86.7 Å². The minimum absolute atomic E-state index is 0.884. The summed E-state index contributed by atoms with van der Waals surface area (Å²) in [6.07, 6.45) is 0. The zero-order valence-electron chi connectivity index (χ0n) is 24.3. The first-order chi connectivity index (χ1) is 22.3. The molecule has 3 heteroatoms. The number of hydrogen-bond acceptors (Lipinski definition) is 3. The molecule has 0 fully saturated rings. The van der Waals surface area contributed by atoms with Crippen molar-refractivity contribution in [2.75, 3.05) is 0 Å². The second-order valence-corrected chi connectivity index (χ2v) is 12.5. The molecule has 0 aliphatic rings. The summed E-state index contributed by atoms with van der Waals surface area (Å²) in [5, 5.41) is 5.16. The lowest BCUT2D eigenvalue weighted by atomic mass is 9.94. The van der Waals surface area contributed by atoms with Crippen molar-refractivity contribution in [3.05, 3.63) is 158 Å². The number of thiophene rings is 1. The molecule has 0 radical (unpaired) electrons. The van der Waals surface area contributed by atoms with E-state index in [1.165, 1.54) is 53.2 Å². The van der Waals surface area contributed by atoms with Gasteiger partial charge in [0.2, 0.25) is 0 Å². The maximum absolute atomic E-state index is 5.20. The molecule has 0 aliphatic carbocycles. The molecule has 9 rings (SSSR count). The van der Waals surface area contributed by atoms with Gasteiger partial charge in [0.25, 0.3) is 0 Å². The molecule has 45 heavy (non-hydrogen) atoms. The van der Waals surface area contributed by atoms with Crippen LogP contribution in [0.3, 0.4) is 0 Å². The lowest BCUT2D eigenvalue weighted by molar-refractivity contribution is 1.29. The number of benzene rings is 7. The average molecular weight is 591 g/mol. The van der Waals surface area contributed by atoms with Gasteiger partial charge in [0.15, 0.2) is 0 Å². The molecule has 2 aromatic heterocycles. The normalized spacial score (nSPS) is 11.6. The third-order valence-electron chi connectivity index (χ3n) is 8.66. The van der Waals surface area contributed by atoms with Crippen LogP contribution >= 0.6 is 11.3 Å². The summed E-state index contributed by atoms with van der Waals surface area (Å²) in [6.45, 7) is 0. The number of para-hydroxylation sites is 2. The zero-order valence-corrected chi connectivity index (χ0v) is 25.1. The fraction of sp³-hybridized carbons (Fsp3) is 0. The Morgan fingerprint density at radius 1 is 0.356 bits per heavy atom. The van der Waals surface area contributed by atoms with Gasteiger partial charge < -0.3 is 0 Å². The van der Waals surface area contributed by atoms with Gasteiger partial charge in [-0.2, -0.15) is 0 Å². The van der Waals surface area contributed by atoms with Gasteiger partial charge in [-0.1, -0.05) is 121 Å². The summed E-state index contributed by atoms with van der Waals surface area (Å²) in [6, 6.07) is 56.1. The molecule has 7 aromatic carbocycles. The molecule has 2 nitrogen and oxygen atoms in total. The predicted octanol–water partition coefficient (Wildman–Crippen LogP) is 11.8. The van der Waals surface area contributed by atoms with Crippen molar-refractivity contribution < 1.29 is 0 Å². The standard InChI is InChI=1S/C42H26N2S/c1-2-10-27(11-3-1)28-20-22-29(23-21-28)41-42(44-38-18-6-5-17-37(38)43-41)32-14-8-12-30(24-32)33-16-9-13-31-25-36-34-15-4-7-19-39(34)45-40(36)26-35(31)33/h1-26H. The number of aromatic nitrogens is 2. The van der Waals surface area contributed by atoms with Crippen LogP contribution in [0.2, 0.25) is 0 Å². The van der Waals surface area contributed by atoms with Crippen LogP contribution in [0.15, 0.2) is 158 Å². The van der Waals surface area contributed by atoms with E-state index < -0.39 is 0 Å². The molecule has 210 valence electrons. The van der Waals surface area contributed by atoms with E-state index >= 15 is 0 Å². The molecular formula is C42H26N2S. The van der Waals surface area contributed by atoms with E-state index in [2.05, 4.69) is 127 Å². The molecule has 0 aliphatic heterocycles. The summed E-state index contributed by atoms with van der Waals surface area (Å²) >= 11 is 1.86. The maximum Gasteiger partial charge on any atom is 0.0973 e. The molecule has 0 unspecified atom stereocenters. The highest BCUT2D eigenvalue weighted by Gasteiger charge is 2.16. The van der Waals surface area contributed by atoms with Crippen LogP contribution in [-0.4, -0.2) is 9.97 Å². The number of hydrogen-bond donors (Lipinski definition) is 0. The molecule has 0 saturated carbocycles. The maximum atomic E-state index is 5.20. The van der Waals surface area contributed by atoms with Crippen LogP contribution in [0, 0.1) is 0 Å². The van der Waals surface area contributed by atoms with Crippen molar-refractivity contribution in [3.63, 3.8) is 0 Å². The Bertz CT molecular complexity index is 2530. The Kier molecular flexibility index (Phi) is 6.03. The van der Waals surface area contributed by atoms with E-state index in [0.717, 1.165) is 33.5 Å². The first kappa shape index (κ1) is 25.8. The highest BCUT2D eigenvalue weighted by molar-refractivity contribution is 7.25. The quantitative estimate of drug-likeness (QED) is 0.204. The second-order valence-electron chi connectivity index (χ2n) is 11.4. The predicted molar refractivity (Wildman–Crippen MR) is 192 cm³/mol. The van der Waals surface area contributed by atoms with E-state index in [1.807, 2.05) is 41.7 Å². The van der Waals surface area contributed by atoms with Gasteiger partial charge in [-0.05, 0) is 69.4 Å². The number of fused-ring (bicyclic) bond motifs is 5. The Morgan fingerprint density at radius 3 is 1.80 bits per heavy atom. The minimum atomic E-state index is 0.884. The zero-order chi connectivity index (χ0) is 29.7. The highest BCUT2D eigenvalue weighted by atomic mass is 32.1. The summed E-state index contributed by atoms with van der Waals surface area (Å²) in [5.74, 6) is 0. The van der Waals surface area contributed by atoms with Crippen LogP contribution in [0.5, 0.6) is 0 Å².